The van der Waals surface area contributed by atoms with Gasteiger partial charge in [0.05, 0.1) is 16.5 Å². The number of nitrogens with zero attached hydrogens (tertiary/aromatic N) is 2. The first-order valence-corrected chi connectivity index (χ1v) is 9.36. The summed E-state index contributed by atoms with van der Waals surface area (Å²) in [6.45, 7) is 8.66. The number of carbonyl (C=O) groups excluding carboxylic acids is 3. The monoisotopic (exact) mass is 361 g/mol. The van der Waals surface area contributed by atoms with Crippen LogP contribution in [0.4, 0.5) is 5.13 Å². The van der Waals surface area contributed by atoms with Gasteiger partial charge in [-0.25, -0.2) is 4.98 Å². The normalized spacial score (nSPS) is 22.2. The molecule has 0 aromatic carbocycles. The lowest BCUT2D eigenvalue weighted by Gasteiger charge is -2.31. The second kappa shape index (κ2) is 6.71. The van der Waals surface area contributed by atoms with E-state index in [2.05, 4.69) is 30.7 Å². The summed E-state index contributed by atoms with van der Waals surface area (Å²) >= 11 is 1.26. The summed E-state index contributed by atoms with van der Waals surface area (Å²) in [6.07, 6.45) is 4.06. The molecule has 2 amide bonds. The average Bonchev–Trinajstić information content (AvgIpc) is 2.95. The van der Waals surface area contributed by atoms with Gasteiger partial charge < -0.3 is 10.2 Å². The molecule has 134 valence electrons. The van der Waals surface area contributed by atoms with Crippen molar-refractivity contribution in [1.29, 1.82) is 0 Å². The number of hydrogen-bond donors (Lipinski definition) is 1. The van der Waals surface area contributed by atoms with Crippen molar-refractivity contribution < 1.29 is 14.4 Å². The molecule has 1 aliphatic heterocycles. The molecule has 2 heterocycles. The van der Waals surface area contributed by atoms with E-state index < -0.39 is 0 Å². The van der Waals surface area contributed by atoms with Crippen LogP contribution in [0.15, 0.2) is 12.7 Å². The largest absolute Gasteiger partial charge is 0.338 e. The summed E-state index contributed by atoms with van der Waals surface area (Å²) in [6, 6.07) is 0. The molecule has 3 rings (SSSR count). The van der Waals surface area contributed by atoms with Crippen LogP contribution in [0.25, 0.3) is 0 Å². The third kappa shape index (κ3) is 3.81. The summed E-state index contributed by atoms with van der Waals surface area (Å²) in [7, 11) is 0. The Bertz CT molecular complexity index is 738. The highest BCUT2D eigenvalue weighted by molar-refractivity contribution is 7.17. The number of carbonyl (C=O) groups is 3. The Morgan fingerprint density at radius 3 is 2.88 bits per heavy atom. The van der Waals surface area contributed by atoms with E-state index in [0.717, 1.165) is 25.0 Å². The van der Waals surface area contributed by atoms with Gasteiger partial charge in [-0.2, -0.15) is 0 Å². The van der Waals surface area contributed by atoms with Crippen LogP contribution < -0.4 is 5.32 Å². The second-order valence-electron chi connectivity index (χ2n) is 7.55. The molecule has 1 aliphatic carbocycles. The van der Waals surface area contributed by atoms with Gasteiger partial charge in [-0.05, 0) is 30.8 Å². The maximum Gasteiger partial charge on any atom is 0.245 e. The van der Waals surface area contributed by atoms with Crippen LogP contribution >= 0.6 is 11.3 Å². The van der Waals surface area contributed by atoms with E-state index >= 15 is 0 Å². The van der Waals surface area contributed by atoms with E-state index in [1.807, 2.05) is 0 Å². The second-order valence-corrected chi connectivity index (χ2v) is 8.55. The van der Waals surface area contributed by atoms with Gasteiger partial charge in [-0.3, -0.25) is 14.4 Å². The van der Waals surface area contributed by atoms with Crippen molar-refractivity contribution in [3.05, 3.63) is 23.2 Å². The predicted octanol–water partition coefficient (Wildman–Crippen LogP) is 2.66. The Kier molecular flexibility index (Phi) is 4.77. The summed E-state index contributed by atoms with van der Waals surface area (Å²) in [5.74, 6) is -0.440. The van der Waals surface area contributed by atoms with Gasteiger partial charge in [0.1, 0.15) is 0 Å². The van der Waals surface area contributed by atoms with Crippen LogP contribution in [-0.4, -0.2) is 40.6 Å². The molecule has 0 saturated carbocycles. The van der Waals surface area contributed by atoms with Gasteiger partial charge in [0.2, 0.25) is 11.8 Å². The summed E-state index contributed by atoms with van der Waals surface area (Å²) in [4.78, 5) is 43.4. The number of Topliss-reactive ketones (excluding diaryl/α,β-unsaturated/α-hetero) is 1. The van der Waals surface area contributed by atoms with Crippen LogP contribution in [0.3, 0.4) is 0 Å². The highest BCUT2D eigenvalue weighted by Gasteiger charge is 2.34. The Morgan fingerprint density at radius 1 is 1.40 bits per heavy atom. The van der Waals surface area contributed by atoms with Gasteiger partial charge in [0, 0.05) is 19.5 Å². The lowest BCUT2D eigenvalue weighted by atomic mass is 9.78. The Hall–Kier alpha value is -2.02. The van der Waals surface area contributed by atoms with Gasteiger partial charge in [-0.15, -0.1) is 0 Å². The molecule has 1 N–H and O–H groups in total. The molecule has 0 bridgehead atoms. The third-order valence-corrected chi connectivity index (χ3v) is 5.80. The highest BCUT2D eigenvalue weighted by Crippen LogP contribution is 2.38. The number of anilines is 1. The number of amides is 2. The van der Waals surface area contributed by atoms with Gasteiger partial charge in [0.15, 0.2) is 10.9 Å². The minimum absolute atomic E-state index is 0.0889. The average molecular weight is 361 g/mol. The van der Waals surface area contributed by atoms with Crippen molar-refractivity contribution in [2.45, 2.75) is 39.5 Å². The number of fused-ring (bicyclic) bond motifs is 1. The SMILES string of the molecule is C=CC(=O)N1CCCC(C(=O)Nc2nc3c(s2)C(=O)CC(C)(C)C3)C1. The van der Waals surface area contributed by atoms with Crippen LogP contribution in [0, 0.1) is 11.3 Å². The minimum atomic E-state index is -0.259. The molecular formula is C18H23N3O3S. The molecule has 1 fully saturated rings. The molecule has 1 aromatic heterocycles. The first-order chi connectivity index (χ1) is 11.8. The van der Waals surface area contributed by atoms with E-state index in [1.54, 1.807) is 4.90 Å². The zero-order chi connectivity index (χ0) is 18.2. The zero-order valence-corrected chi connectivity index (χ0v) is 15.4. The molecule has 2 aliphatic rings. The fourth-order valence-electron chi connectivity index (χ4n) is 3.50. The van der Waals surface area contributed by atoms with E-state index in [9.17, 15) is 14.4 Å². The quantitative estimate of drug-likeness (QED) is 0.840. The maximum atomic E-state index is 12.6. The van der Waals surface area contributed by atoms with Gasteiger partial charge in [0.25, 0.3) is 0 Å². The lowest BCUT2D eigenvalue weighted by Crippen LogP contribution is -2.43. The highest BCUT2D eigenvalue weighted by atomic mass is 32.1. The van der Waals surface area contributed by atoms with E-state index in [0.29, 0.717) is 29.5 Å². The minimum Gasteiger partial charge on any atom is -0.338 e. The number of nitrogens with one attached hydrogen (secondary N) is 1. The standard InChI is InChI=1S/C18H23N3O3S/c1-4-14(23)21-7-5-6-11(10-21)16(24)20-17-19-12-8-18(2,3)9-13(22)15(12)25-17/h4,11H,1,5-10H2,2-3H3,(H,19,20,24). The molecule has 1 saturated heterocycles. The maximum absolute atomic E-state index is 12.6. The molecule has 7 heteroatoms. The molecule has 0 radical (unpaired) electrons. The molecular weight excluding hydrogens is 338 g/mol. The van der Waals surface area contributed by atoms with E-state index in [1.165, 1.54) is 17.4 Å². The number of thiazole rings is 1. The van der Waals surface area contributed by atoms with E-state index in [-0.39, 0.29) is 28.9 Å². The zero-order valence-electron chi connectivity index (χ0n) is 14.6. The number of rotatable bonds is 3. The third-order valence-electron chi connectivity index (χ3n) is 4.74. The Labute approximate surface area is 151 Å². The van der Waals surface area contributed by atoms with Crippen molar-refractivity contribution in [2.75, 3.05) is 18.4 Å². The Balaban J connectivity index is 1.69. The molecule has 25 heavy (non-hydrogen) atoms. The molecule has 1 unspecified atom stereocenters. The first-order valence-electron chi connectivity index (χ1n) is 8.54. The van der Waals surface area contributed by atoms with Crippen molar-refractivity contribution in [3.8, 4) is 0 Å². The fourth-order valence-corrected chi connectivity index (χ4v) is 4.42. The number of aromatic nitrogens is 1. The Morgan fingerprint density at radius 2 is 2.16 bits per heavy atom. The summed E-state index contributed by atoms with van der Waals surface area (Å²) < 4.78 is 0. The molecule has 0 spiro atoms. The number of ketones is 1. The van der Waals surface area contributed by atoms with Crippen molar-refractivity contribution >= 4 is 34.1 Å². The van der Waals surface area contributed by atoms with Crippen molar-refractivity contribution in [1.82, 2.24) is 9.88 Å². The smallest absolute Gasteiger partial charge is 0.245 e. The number of likely N-dealkylation sites (tertiary alicyclic amines) is 1. The molecule has 1 atom stereocenters. The van der Waals surface area contributed by atoms with Crippen molar-refractivity contribution in [2.24, 2.45) is 11.3 Å². The summed E-state index contributed by atoms with van der Waals surface area (Å²) in [5.41, 5.74) is 0.697. The fraction of sp³-hybridized carbons (Fsp3) is 0.556. The van der Waals surface area contributed by atoms with Gasteiger partial charge in [-0.1, -0.05) is 31.8 Å². The van der Waals surface area contributed by atoms with Crippen LogP contribution in [0.5, 0.6) is 0 Å². The first kappa shape index (κ1) is 17.8. The summed E-state index contributed by atoms with van der Waals surface area (Å²) in [5, 5.41) is 3.33. The topological polar surface area (TPSA) is 79.4 Å². The lowest BCUT2D eigenvalue weighted by molar-refractivity contribution is -0.130. The van der Waals surface area contributed by atoms with Crippen LogP contribution in [0.2, 0.25) is 0 Å². The van der Waals surface area contributed by atoms with Crippen LogP contribution in [-0.2, 0) is 16.0 Å². The van der Waals surface area contributed by atoms with Crippen LogP contribution in [0.1, 0.15) is 48.5 Å². The van der Waals surface area contributed by atoms with E-state index in [4.69, 9.17) is 0 Å². The number of hydrogen-bond acceptors (Lipinski definition) is 5. The molecule has 1 aromatic rings. The van der Waals surface area contributed by atoms with Gasteiger partial charge >= 0.3 is 0 Å². The number of piperidine rings is 1. The van der Waals surface area contributed by atoms with Crippen molar-refractivity contribution in [3.63, 3.8) is 0 Å². The molecule has 6 nitrogen and oxygen atoms in total. The predicted molar refractivity (Wildman–Crippen MR) is 96.7 cm³/mol.